The molecule has 1 unspecified atom stereocenters. The predicted molar refractivity (Wildman–Crippen MR) is 73.9 cm³/mol. The minimum Gasteiger partial charge on any atom is -0.494 e. The van der Waals surface area contributed by atoms with Crippen LogP contribution in [0.15, 0.2) is 24.3 Å². The third-order valence-corrected chi connectivity index (χ3v) is 2.87. The lowest BCUT2D eigenvalue weighted by Crippen LogP contribution is -2.21. The SMILES string of the molecule is CCOc1cccc(C(C#N)CCC(=O)N(C)C)c1. The summed E-state index contributed by atoms with van der Waals surface area (Å²) in [5, 5.41) is 9.24. The van der Waals surface area contributed by atoms with Crippen LogP contribution < -0.4 is 4.74 Å². The molecule has 0 bridgehead atoms. The number of nitriles is 1. The zero-order valence-electron chi connectivity index (χ0n) is 11.7. The van der Waals surface area contributed by atoms with Crippen molar-refractivity contribution in [1.82, 2.24) is 4.90 Å². The van der Waals surface area contributed by atoms with Gasteiger partial charge < -0.3 is 9.64 Å². The molecular weight excluding hydrogens is 240 g/mol. The summed E-state index contributed by atoms with van der Waals surface area (Å²) in [6.07, 6.45) is 0.910. The standard InChI is InChI=1S/C15H20N2O2/c1-4-19-14-7-5-6-12(10-14)13(11-16)8-9-15(18)17(2)3/h5-7,10,13H,4,8-9H2,1-3H3. The van der Waals surface area contributed by atoms with E-state index in [0.717, 1.165) is 11.3 Å². The van der Waals surface area contributed by atoms with Gasteiger partial charge in [-0.05, 0) is 31.0 Å². The zero-order chi connectivity index (χ0) is 14.3. The van der Waals surface area contributed by atoms with E-state index < -0.39 is 0 Å². The maximum absolute atomic E-state index is 11.6. The van der Waals surface area contributed by atoms with Crippen molar-refractivity contribution in [2.24, 2.45) is 0 Å². The molecule has 1 rings (SSSR count). The number of ether oxygens (including phenoxy) is 1. The number of hydrogen-bond donors (Lipinski definition) is 0. The van der Waals surface area contributed by atoms with E-state index in [1.165, 1.54) is 0 Å². The fraction of sp³-hybridized carbons (Fsp3) is 0.467. The van der Waals surface area contributed by atoms with Crippen molar-refractivity contribution in [3.8, 4) is 11.8 Å². The summed E-state index contributed by atoms with van der Waals surface area (Å²) in [6.45, 7) is 2.52. The van der Waals surface area contributed by atoms with Gasteiger partial charge in [0.25, 0.3) is 0 Å². The minimum absolute atomic E-state index is 0.0428. The van der Waals surface area contributed by atoms with Gasteiger partial charge in [-0.1, -0.05) is 12.1 Å². The molecule has 0 aliphatic heterocycles. The van der Waals surface area contributed by atoms with E-state index in [2.05, 4.69) is 6.07 Å². The number of carbonyl (C=O) groups excluding carboxylic acids is 1. The van der Waals surface area contributed by atoms with Crippen molar-refractivity contribution in [3.63, 3.8) is 0 Å². The van der Waals surface area contributed by atoms with Crippen molar-refractivity contribution in [1.29, 1.82) is 5.26 Å². The van der Waals surface area contributed by atoms with Crippen LogP contribution in [0.4, 0.5) is 0 Å². The fourth-order valence-electron chi connectivity index (χ4n) is 1.78. The van der Waals surface area contributed by atoms with E-state index in [1.54, 1.807) is 19.0 Å². The van der Waals surface area contributed by atoms with Crippen molar-refractivity contribution in [3.05, 3.63) is 29.8 Å². The van der Waals surface area contributed by atoms with Crippen LogP contribution in [0, 0.1) is 11.3 Å². The highest BCUT2D eigenvalue weighted by atomic mass is 16.5. The third kappa shape index (κ3) is 4.63. The first-order valence-corrected chi connectivity index (χ1v) is 6.41. The normalized spacial score (nSPS) is 11.5. The molecule has 0 spiro atoms. The van der Waals surface area contributed by atoms with Crippen molar-refractivity contribution >= 4 is 5.91 Å². The second-order valence-electron chi connectivity index (χ2n) is 4.51. The van der Waals surface area contributed by atoms with Crippen LogP contribution in [-0.2, 0) is 4.79 Å². The first-order chi connectivity index (χ1) is 9.08. The Morgan fingerprint density at radius 1 is 1.47 bits per heavy atom. The quantitative estimate of drug-likeness (QED) is 0.790. The summed E-state index contributed by atoms with van der Waals surface area (Å²) < 4.78 is 5.42. The maximum Gasteiger partial charge on any atom is 0.222 e. The molecule has 1 atom stereocenters. The van der Waals surface area contributed by atoms with Gasteiger partial charge in [0.2, 0.25) is 5.91 Å². The summed E-state index contributed by atoms with van der Waals surface area (Å²) in [4.78, 5) is 13.1. The molecule has 0 aromatic heterocycles. The number of nitrogens with zero attached hydrogens (tertiary/aromatic N) is 2. The molecule has 0 N–H and O–H groups in total. The molecule has 4 heteroatoms. The molecule has 0 fully saturated rings. The summed E-state index contributed by atoms with van der Waals surface area (Å²) in [5.74, 6) is 0.532. The highest BCUT2D eigenvalue weighted by molar-refractivity contribution is 5.75. The van der Waals surface area contributed by atoms with Gasteiger partial charge in [0.1, 0.15) is 5.75 Å². The monoisotopic (exact) mass is 260 g/mol. The molecule has 4 nitrogen and oxygen atoms in total. The molecule has 1 aromatic carbocycles. The van der Waals surface area contributed by atoms with Gasteiger partial charge in [0.15, 0.2) is 0 Å². The second-order valence-corrected chi connectivity index (χ2v) is 4.51. The Labute approximate surface area is 114 Å². The van der Waals surface area contributed by atoms with E-state index in [1.807, 2.05) is 31.2 Å². The Morgan fingerprint density at radius 2 is 2.21 bits per heavy atom. The van der Waals surface area contributed by atoms with Crippen LogP contribution >= 0.6 is 0 Å². The summed E-state index contributed by atoms with van der Waals surface area (Å²) in [7, 11) is 3.44. The Bertz CT molecular complexity index is 463. The van der Waals surface area contributed by atoms with Gasteiger partial charge in [-0.3, -0.25) is 4.79 Å². The molecule has 0 aliphatic carbocycles. The topological polar surface area (TPSA) is 53.3 Å². The van der Waals surface area contributed by atoms with E-state index in [9.17, 15) is 10.1 Å². The van der Waals surface area contributed by atoms with Crippen LogP contribution in [0.1, 0.15) is 31.2 Å². The largest absolute Gasteiger partial charge is 0.494 e. The molecule has 0 saturated carbocycles. The zero-order valence-corrected chi connectivity index (χ0v) is 11.7. The first kappa shape index (κ1) is 15.0. The number of carbonyl (C=O) groups is 1. The Kier molecular flexibility index (Phi) is 5.87. The predicted octanol–water partition coefficient (Wildman–Crippen LogP) is 2.56. The van der Waals surface area contributed by atoms with Crippen LogP contribution in [0.5, 0.6) is 5.75 Å². The molecule has 1 aromatic rings. The third-order valence-electron chi connectivity index (χ3n) is 2.87. The minimum atomic E-state index is -0.274. The lowest BCUT2D eigenvalue weighted by Gasteiger charge is -2.13. The Hall–Kier alpha value is -2.02. The van der Waals surface area contributed by atoms with E-state index in [-0.39, 0.29) is 11.8 Å². The molecule has 102 valence electrons. The van der Waals surface area contributed by atoms with Crippen molar-refractivity contribution in [2.45, 2.75) is 25.7 Å². The van der Waals surface area contributed by atoms with E-state index in [0.29, 0.717) is 19.4 Å². The van der Waals surface area contributed by atoms with Gasteiger partial charge in [0, 0.05) is 20.5 Å². The molecule has 0 heterocycles. The first-order valence-electron chi connectivity index (χ1n) is 6.41. The van der Waals surface area contributed by atoms with Gasteiger partial charge in [-0.15, -0.1) is 0 Å². The molecule has 0 saturated heterocycles. The van der Waals surface area contributed by atoms with Crippen molar-refractivity contribution in [2.75, 3.05) is 20.7 Å². The number of rotatable bonds is 6. The van der Waals surface area contributed by atoms with Gasteiger partial charge in [-0.2, -0.15) is 5.26 Å². The van der Waals surface area contributed by atoms with Crippen LogP contribution in [0.25, 0.3) is 0 Å². The molecule has 0 radical (unpaired) electrons. The van der Waals surface area contributed by atoms with E-state index >= 15 is 0 Å². The van der Waals surface area contributed by atoms with Crippen LogP contribution in [0.2, 0.25) is 0 Å². The molecule has 0 aliphatic rings. The lowest BCUT2D eigenvalue weighted by atomic mass is 9.95. The van der Waals surface area contributed by atoms with Gasteiger partial charge in [0.05, 0.1) is 18.6 Å². The summed E-state index contributed by atoms with van der Waals surface area (Å²) in [5.41, 5.74) is 0.903. The van der Waals surface area contributed by atoms with Crippen LogP contribution in [-0.4, -0.2) is 31.5 Å². The fourth-order valence-corrected chi connectivity index (χ4v) is 1.78. The smallest absolute Gasteiger partial charge is 0.222 e. The molecule has 19 heavy (non-hydrogen) atoms. The number of benzene rings is 1. The molecular formula is C15H20N2O2. The highest BCUT2D eigenvalue weighted by Crippen LogP contribution is 2.24. The summed E-state index contributed by atoms with van der Waals surface area (Å²) >= 11 is 0. The highest BCUT2D eigenvalue weighted by Gasteiger charge is 2.14. The molecule has 1 amide bonds. The lowest BCUT2D eigenvalue weighted by molar-refractivity contribution is -0.128. The number of hydrogen-bond acceptors (Lipinski definition) is 3. The Morgan fingerprint density at radius 3 is 2.79 bits per heavy atom. The van der Waals surface area contributed by atoms with Crippen LogP contribution in [0.3, 0.4) is 0 Å². The van der Waals surface area contributed by atoms with Crippen molar-refractivity contribution < 1.29 is 9.53 Å². The average Bonchev–Trinajstić information content (AvgIpc) is 2.40. The van der Waals surface area contributed by atoms with Gasteiger partial charge >= 0.3 is 0 Å². The number of amides is 1. The summed E-state index contributed by atoms with van der Waals surface area (Å²) in [6, 6.07) is 9.77. The Balaban J connectivity index is 2.72. The second kappa shape index (κ2) is 7.42. The maximum atomic E-state index is 11.6. The average molecular weight is 260 g/mol. The van der Waals surface area contributed by atoms with Gasteiger partial charge in [-0.25, -0.2) is 0 Å². The van der Waals surface area contributed by atoms with E-state index in [4.69, 9.17) is 4.74 Å².